The van der Waals surface area contributed by atoms with Crippen LogP contribution in [0.4, 0.5) is 0 Å². The standard InChI is InChI=1S/C12H27O6P/c1-9(2)15-11(5,6)17-19(13,14)18-12(7,8)16-10(3)4/h9-10H,1-8H3,(H,13,14). The average Bonchev–Trinajstić information content (AvgIpc) is 1.89. The first-order valence-electron chi connectivity index (χ1n) is 6.35. The minimum absolute atomic E-state index is 0.144. The molecule has 0 unspecified atom stereocenters. The molecule has 0 atom stereocenters. The number of hydrogen-bond donors (Lipinski definition) is 1. The van der Waals surface area contributed by atoms with E-state index >= 15 is 0 Å². The Morgan fingerprint density at radius 2 is 1.11 bits per heavy atom. The van der Waals surface area contributed by atoms with E-state index in [4.69, 9.17) is 18.5 Å². The Morgan fingerprint density at radius 1 is 0.842 bits per heavy atom. The van der Waals surface area contributed by atoms with Crippen molar-refractivity contribution in [3.8, 4) is 0 Å². The molecule has 19 heavy (non-hydrogen) atoms. The van der Waals surface area contributed by atoms with Gasteiger partial charge >= 0.3 is 7.82 Å². The van der Waals surface area contributed by atoms with Crippen molar-refractivity contribution < 1.29 is 28.0 Å². The fraction of sp³-hybridized carbons (Fsp3) is 1.00. The molecule has 0 aliphatic carbocycles. The van der Waals surface area contributed by atoms with Gasteiger partial charge in [0.25, 0.3) is 0 Å². The van der Waals surface area contributed by atoms with Crippen molar-refractivity contribution >= 4 is 7.82 Å². The molecule has 0 aromatic heterocycles. The topological polar surface area (TPSA) is 74.2 Å². The predicted octanol–water partition coefficient (Wildman–Crippen LogP) is 3.44. The lowest BCUT2D eigenvalue weighted by molar-refractivity contribution is -0.219. The van der Waals surface area contributed by atoms with Crippen LogP contribution in [-0.2, 0) is 23.1 Å². The molecule has 0 amide bonds. The lowest BCUT2D eigenvalue weighted by Gasteiger charge is -2.33. The third-order valence-corrected chi connectivity index (χ3v) is 3.05. The van der Waals surface area contributed by atoms with Crippen LogP contribution >= 0.6 is 7.82 Å². The van der Waals surface area contributed by atoms with Gasteiger partial charge in [-0.2, -0.15) is 0 Å². The van der Waals surface area contributed by atoms with E-state index in [0.717, 1.165) is 0 Å². The molecule has 0 rings (SSSR count). The second-order valence-electron chi connectivity index (χ2n) is 5.78. The van der Waals surface area contributed by atoms with Gasteiger partial charge in [0.15, 0.2) is 11.6 Å². The van der Waals surface area contributed by atoms with Gasteiger partial charge in [-0.15, -0.1) is 0 Å². The summed E-state index contributed by atoms with van der Waals surface area (Å²) in [6.07, 6.45) is -0.287. The van der Waals surface area contributed by atoms with Crippen molar-refractivity contribution in [1.29, 1.82) is 0 Å². The molecule has 1 N–H and O–H groups in total. The molecule has 0 fully saturated rings. The zero-order chi connectivity index (χ0) is 15.5. The fourth-order valence-corrected chi connectivity index (χ4v) is 2.99. The second kappa shape index (κ2) is 6.66. The van der Waals surface area contributed by atoms with Crippen LogP contribution in [0.25, 0.3) is 0 Å². The highest BCUT2D eigenvalue weighted by molar-refractivity contribution is 7.47. The number of hydrogen-bond acceptors (Lipinski definition) is 5. The van der Waals surface area contributed by atoms with Crippen molar-refractivity contribution in [1.82, 2.24) is 0 Å². The maximum atomic E-state index is 12.0. The lowest BCUT2D eigenvalue weighted by Crippen LogP contribution is -2.34. The molecule has 7 heteroatoms. The van der Waals surface area contributed by atoms with E-state index in [1.165, 1.54) is 0 Å². The van der Waals surface area contributed by atoms with Crippen molar-refractivity contribution in [2.75, 3.05) is 0 Å². The van der Waals surface area contributed by atoms with E-state index < -0.39 is 19.4 Å². The number of phosphoric ester groups is 1. The molecule has 0 bridgehead atoms. The maximum Gasteiger partial charge on any atom is 0.477 e. The van der Waals surface area contributed by atoms with Crippen LogP contribution in [0.5, 0.6) is 0 Å². The van der Waals surface area contributed by atoms with Crippen LogP contribution in [0.3, 0.4) is 0 Å². The molecule has 0 spiro atoms. The Bertz CT molecular complexity index is 296. The van der Waals surface area contributed by atoms with Gasteiger partial charge in [0.05, 0.1) is 12.2 Å². The normalized spacial score (nSPS) is 14.5. The molecular weight excluding hydrogens is 271 g/mol. The van der Waals surface area contributed by atoms with E-state index in [2.05, 4.69) is 0 Å². The van der Waals surface area contributed by atoms with Crippen molar-refractivity contribution in [2.24, 2.45) is 0 Å². The summed E-state index contributed by atoms with van der Waals surface area (Å²) >= 11 is 0. The van der Waals surface area contributed by atoms with Gasteiger partial charge in [0, 0.05) is 0 Å². The van der Waals surface area contributed by atoms with Gasteiger partial charge in [-0.1, -0.05) is 0 Å². The number of phosphoric acid groups is 1. The summed E-state index contributed by atoms with van der Waals surface area (Å²) in [7, 11) is -4.30. The molecule has 0 heterocycles. The summed E-state index contributed by atoms with van der Waals surface area (Å²) < 4.78 is 32.8. The van der Waals surface area contributed by atoms with Gasteiger partial charge in [0.1, 0.15) is 0 Å². The van der Waals surface area contributed by atoms with Gasteiger partial charge in [-0.05, 0) is 55.4 Å². The quantitative estimate of drug-likeness (QED) is 0.546. The van der Waals surface area contributed by atoms with Crippen LogP contribution in [0, 0.1) is 0 Å². The van der Waals surface area contributed by atoms with Crippen molar-refractivity contribution in [2.45, 2.75) is 79.2 Å². The Balaban J connectivity index is 4.67. The first kappa shape index (κ1) is 19.0. The van der Waals surface area contributed by atoms with E-state index in [1.807, 2.05) is 0 Å². The summed E-state index contributed by atoms with van der Waals surface area (Å²) in [5.41, 5.74) is 0. The largest absolute Gasteiger partial charge is 0.477 e. The second-order valence-corrected chi connectivity index (χ2v) is 7.09. The third-order valence-electron chi connectivity index (χ3n) is 1.71. The van der Waals surface area contributed by atoms with Gasteiger partial charge in [-0.25, -0.2) is 4.57 Å². The highest BCUT2D eigenvalue weighted by Crippen LogP contribution is 2.51. The zero-order valence-electron chi connectivity index (χ0n) is 13.1. The monoisotopic (exact) mass is 298 g/mol. The Kier molecular flexibility index (Phi) is 6.67. The van der Waals surface area contributed by atoms with Gasteiger partial charge in [-0.3, -0.25) is 9.05 Å². The van der Waals surface area contributed by atoms with E-state index in [0.29, 0.717) is 0 Å². The minimum Gasteiger partial charge on any atom is -0.347 e. The molecule has 0 aliphatic heterocycles. The smallest absolute Gasteiger partial charge is 0.347 e. The van der Waals surface area contributed by atoms with E-state index in [-0.39, 0.29) is 12.2 Å². The molecular formula is C12H27O6P. The summed E-state index contributed by atoms with van der Waals surface area (Å²) in [5.74, 6) is -2.46. The first-order valence-corrected chi connectivity index (χ1v) is 7.84. The summed E-state index contributed by atoms with van der Waals surface area (Å²) in [5, 5.41) is 0. The lowest BCUT2D eigenvalue weighted by atomic mass is 10.3. The van der Waals surface area contributed by atoms with Gasteiger partial charge in [0.2, 0.25) is 0 Å². The van der Waals surface area contributed by atoms with Crippen molar-refractivity contribution in [3.05, 3.63) is 0 Å². The molecule has 6 nitrogen and oxygen atoms in total. The predicted molar refractivity (Wildman–Crippen MR) is 72.6 cm³/mol. The Morgan fingerprint density at radius 3 is 1.32 bits per heavy atom. The highest BCUT2D eigenvalue weighted by atomic mass is 31.2. The maximum absolute atomic E-state index is 12.0. The Hall–Kier alpha value is 0.0300. The Labute approximate surface area is 116 Å². The van der Waals surface area contributed by atoms with Crippen molar-refractivity contribution in [3.63, 3.8) is 0 Å². The van der Waals surface area contributed by atoms with Crippen LogP contribution in [0.15, 0.2) is 0 Å². The molecule has 116 valence electrons. The molecule has 0 aromatic rings. The number of rotatable bonds is 8. The first-order chi connectivity index (χ1) is 8.25. The van der Waals surface area contributed by atoms with Crippen LogP contribution in [0.2, 0.25) is 0 Å². The molecule has 0 saturated heterocycles. The number of ether oxygens (including phenoxy) is 2. The fourth-order valence-electron chi connectivity index (χ4n) is 1.75. The third kappa shape index (κ3) is 9.55. The minimum atomic E-state index is -4.30. The van der Waals surface area contributed by atoms with Crippen LogP contribution < -0.4 is 0 Å². The summed E-state index contributed by atoms with van der Waals surface area (Å²) in [6, 6.07) is 0. The van der Waals surface area contributed by atoms with E-state index in [1.54, 1.807) is 55.4 Å². The van der Waals surface area contributed by atoms with Crippen LogP contribution in [0.1, 0.15) is 55.4 Å². The highest BCUT2D eigenvalue weighted by Gasteiger charge is 2.39. The van der Waals surface area contributed by atoms with Gasteiger partial charge < -0.3 is 14.4 Å². The molecule has 0 aromatic carbocycles. The summed E-state index contributed by atoms with van der Waals surface area (Å²) in [6.45, 7) is 13.4. The average molecular weight is 298 g/mol. The zero-order valence-corrected chi connectivity index (χ0v) is 14.0. The van der Waals surface area contributed by atoms with E-state index in [9.17, 15) is 9.46 Å². The van der Waals surface area contributed by atoms with Crippen LogP contribution in [-0.4, -0.2) is 28.7 Å². The molecule has 0 radical (unpaired) electrons. The summed E-state index contributed by atoms with van der Waals surface area (Å²) in [4.78, 5) is 9.76. The molecule has 0 saturated carbocycles. The molecule has 0 aliphatic rings. The SMILES string of the molecule is CC(C)OC(C)(C)OP(=O)(O)OC(C)(C)OC(C)C.